The fourth-order valence-corrected chi connectivity index (χ4v) is 3.59. The van der Waals surface area contributed by atoms with Crippen molar-refractivity contribution in [2.24, 2.45) is 0 Å². The van der Waals surface area contributed by atoms with Gasteiger partial charge in [-0.3, -0.25) is 9.69 Å². The lowest BCUT2D eigenvalue weighted by atomic mass is 10.1. The minimum atomic E-state index is -2.72. The minimum absolute atomic E-state index is 0.00702. The van der Waals surface area contributed by atoms with Crippen molar-refractivity contribution in [1.29, 1.82) is 0 Å². The second kappa shape index (κ2) is 9.05. The summed E-state index contributed by atoms with van der Waals surface area (Å²) < 4.78 is 33.6. The molecule has 0 saturated carbocycles. The van der Waals surface area contributed by atoms with Gasteiger partial charge in [0, 0.05) is 17.9 Å². The van der Waals surface area contributed by atoms with Crippen LogP contribution in [0.15, 0.2) is 55.0 Å². The van der Waals surface area contributed by atoms with E-state index >= 15 is 0 Å². The van der Waals surface area contributed by atoms with Gasteiger partial charge in [0.2, 0.25) is 5.95 Å². The molecule has 10 nitrogen and oxygen atoms in total. The molecule has 3 aromatic heterocycles. The number of alkyl halides is 2. The number of halogens is 2. The van der Waals surface area contributed by atoms with Gasteiger partial charge in [0.05, 0.1) is 5.56 Å². The van der Waals surface area contributed by atoms with E-state index in [1.165, 1.54) is 11.1 Å². The molecule has 0 saturated heterocycles. The van der Waals surface area contributed by atoms with Crippen LogP contribution in [-0.2, 0) is 0 Å². The summed E-state index contributed by atoms with van der Waals surface area (Å²) in [4.78, 5) is 27.1. The highest BCUT2D eigenvalue weighted by atomic mass is 19.3. The topological polar surface area (TPSA) is 111 Å². The highest BCUT2D eigenvalue weighted by Crippen LogP contribution is 2.31. The first kappa shape index (κ1) is 22.3. The second-order valence-electron chi connectivity index (χ2n) is 7.98. The fourth-order valence-electron chi connectivity index (χ4n) is 3.59. The molecule has 0 atom stereocenters. The van der Waals surface area contributed by atoms with Gasteiger partial charge in [-0.1, -0.05) is 6.07 Å². The van der Waals surface area contributed by atoms with Crippen molar-refractivity contribution in [3.63, 3.8) is 0 Å². The van der Waals surface area contributed by atoms with Crippen molar-refractivity contribution in [2.45, 2.75) is 26.3 Å². The molecule has 35 heavy (non-hydrogen) atoms. The number of carbonyl (C=O) groups is 1. The quantitative estimate of drug-likeness (QED) is 0.434. The normalized spacial score (nSPS) is 13.2. The SMILES string of the molecule is CC(C)n1cnnc1-c1cccc(N2COc3ccc(Nc4nccc(C(F)F)n4)cc3C2=O)n1. The van der Waals surface area contributed by atoms with E-state index in [4.69, 9.17) is 4.74 Å². The van der Waals surface area contributed by atoms with Crippen LogP contribution in [0.2, 0.25) is 0 Å². The Bertz CT molecular complexity index is 1390. The van der Waals surface area contributed by atoms with Crippen molar-refractivity contribution in [1.82, 2.24) is 29.7 Å². The van der Waals surface area contributed by atoms with Crippen LogP contribution in [0.4, 0.5) is 26.2 Å². The molecule has 1 aliphatic rings. The third kappa shape index (κ3) is 4.37. The van der Waals surface area contributed by atoms with Gasteiger partial charge < -0.3 is 14.6 Å². The molecule has 5 rings (SSSR count). The van der Waals surface area contributed by atoms with Crippen LogP contribution in [0.5, 0.6) is 5.75 Å². The number of nitrogens with one attached hydrogen (secondary N) is 1. The molecule has 1 aromatic carbocycles. The first-order chi connectivity index (χ1) is 16.9. The zero-order valence-corrected chi connectivity index (χ0v) is 18.8. The Morgan fingerprint density at radius 1 is 1.11 bits per heavy atom. The van der Waals surface area contributed by atoms with Gasteiger partial charge in [0.25, 0.3) is 12.3 Å². The van der Waals surface area contributed by atoms with Crippen LogP contribution < -0.4 is 15.0 Å². The molecule has 178 valence electrons. The Hall–Kier alpha value is -4.48. The average molecular weight is 478 g/mol. The Kier molecular flexibility index (Phi) is 5.77. The molecular weight excluding hydrogens is 458 g/mol. The number of hydrogen-bond acceptors (Lipinski definition) is 8. The van der Waals surface area contributed by atoms with E-state index in [0.717, 1.165) is 6.07 Å². The van der Waals surface area contributed by atoms with Gasteiger partial charge in [-0.25, -0.2) is 23.7 Å². The van der Waals surface area contributed by atoms with E-state index in [2.05, 4.69) is 30.5 Å². The number of fused-ring (bicyclic) bond motifs is 1. The monoisotopic (exact) mass is 478 g/mol. The maximum Gasteiger partial charge on any atom is 0.280 e. The Morgan fingerprint density at radius 2 is 1.97 bits per heavy atom. The second-order valence-corrected chi connectivity index (χ2v) is 7.98. The van der Waals surface area contributed by atoms with Crippen molar-refractivity contribution in [2.75, 3.05) is 16.9 Å². The van der Waals surface area contributed by atoms with Crippen LogP contribution in [0.3, 0.4) is 0 Å². The van der Waals surface area contributed by atoms with Crippen molar-refractivity contribution in [3.8, 4) is 17.3 Å². The number of amides is 1. The van der Waals surface area contributed by atoms with Crippen LogP contribution in [-0.4, -0.2) is 42.4 Å². The molecule has 0 bridgehead atoms. The lowest BCUT2D eigenvalue weighted by molar-refractivity contribution is 0.0936. The molecule has 4 heterocycles. The number of benzene rings is 1. The summed E-state index contributed by atoms with van der Waals surface area (Å²) in [5.74, 6) is 1.04. The lowest BCUT2D eigenvalue weighted by Crippen LogP contribution is -2.39. The molecule has 1 aliphatic heterocycles. The van der Waals surface area contributed by atoms with E-state index in [-0.39, 0.29) is 30.2 Å². The van der Waals surface area contributed by atoms with Crippen LogP contribution >= 0.6 is 0 Å². The van der Waals surface area contributed by atoms with Gasteiger partial charge in [0.1, 0.15) is 29.3 Å². The number of anilines is 3. The number of aromatic nitrogens is 6. The highest BCUT2D eigenvalue weighted by Gasteiger charge is 2.28. The summed E-state index contributed by atoms with van der Waals surface area (Å²) >= 11 is 0. The highest BCUT2D eigenvalue weighted by molar-refractivity contribution is 6.09. The maximum atomic E-state index is 13.4. The molecule has 0 fully saturated rings. The summed E-state index contributed by atoms with van der Waals surface area (Å²) in [6.45, 7) is 4.00. The molecule has 0 radical (unpaired) electrons. The molecule has 1 N–H and O–H groups in total. The summed E-state index contributed by atoms with van der Waals surface area (Å²) in [7, 11) is 0. The Labute approximate surface area is 198 Å². The molecule has 12 heteroatoms. The van der Waals surface area contributed by atoms with Gasteiger partial charge >= 0.3 is 0 Å². The predicted octanol–water partition coefficient (Wildman–Crippen LogP) is 4.39. The van der Waals surface area contributed by atoms with Crippen molar-refractivity contribution in [3.05, 3.63) is 66.2 Å². The largest absolute Gasteiger partial charge is 0.472 e. The van der Waals surface area contributed by atoms with E-state index in [9.17, 15) is 13.6 Å². The van der Waals surface area contributed by atoms with Gasteiger partial charge in [-0.05, 0) is 50.2 Å². The number of carbonyl (C=O) groups excluding carboxylic acids is 1. The Morgan fingerprint density at radius 3 is 2.77 bits per heavy atom. The first-order valence-corrected chi connectivity index (χ1v) is 10.7. The van der Waals surface area contributed by atoms with Gasteiger partial charge in [-0.15, -0.1) is 10.2 Å². The molecule has 4 aromatic rings. The van der Waals surface area contributed by atoms with Crippen LogP contribution in [0.1, 0.15) is 42.4 Å². The lowest BCUT2D eigenvalue weighted by Gasteiger charge is -2.28. The zero-order valence-electron chi connectivity index (χ0n) is 18.8. The first-order valence-electron chi connectivity index (χ1n) is 10.7. The van der Waals surface area contributed by atoms with Crippen LogP contribution in [0.25, 0.3) is 11.5 Å². The molecule has 0 aliphatic carbocycles. The number of nitrogens with zero attached hydrogens (tertiary/aromatic N) is 7. The van der Waals surface area contributed by atoms with Crippen molar-refractivity contribution >= 4 is 23.4 Å². The standard InChI is InChI=1S/C23H20F2N8O2/c1-13(2)32-11-27-31-21(32)17-4-3-5-19(29-17)33-12-35-18-7-6-14(10-15(18)22(33)34)28-23-26-9-8-16(30-23)20(24)25/h3-11,13,20H,12H2,1-2H3,(H,26,28,30). The molecule has 0 spiro atoms. The van der Waals surface area contributed by atoms with Gasteiger partial charge in [-0.2, -0.15) is 0 Å². The smallest absolute Gasteiger partial charge is 0.280 e. The van der Waals surface area contributed by atoms with E-state index < -0.39 is 12.1 Å². The number of pyridine rings is 1. The molecular formula is C23H20F2N8O2. The molecule has 0 unspecified atom stereocenters. The fraction of sp³-hybridized carbons (Fsp3) is 0.217. The zero-order chi connectivity index (χ0) is 24.5. The third-order valence-electron chi connectivity index (χ3n) is 5.33. The summed E-state index contributed by atoms with van der Waals surface area (Å²) in [5, 5.41) is 11.0. The van der Waals surface area contributed by atoms with E-state index in [1.807, 2.05) is 18.4 Å². The number of rotatable bonds is 6. The summed E-state index contributed by atoms with van der Waals surface area (Å²) in [5.41, 5.74) is 0.897. The number of ether oxygens (including phenoxy) is 1. The Balaban J connectivity index is 1.42. The van der Waals surface area contributed by atoms with Crippen molar-refractivity contribution < 1.29 is 18.3 Å². The predicted molar refractivity (Wildman–Crippen MR) is 123 cm³/mol. The molecule has 1 amide bonds. The number of hydrogen-bond donors (Lipinski definition) is 1. The summed E-state index contributed by atoms with van der Waals surface area (Å²) in [6, 6.07) is 11.4. The third-order valence-corrected chi connectivity index (χ3v) is 5.33. The van der Waals surface area contributed by atoms with E-state index in [0.29, 0.717) is 28.8 Å². The van der Waals surface area contributed by atoms with E-state index in [1.54, 1.807) is 42.7 Å². The minimum Gasteiger partial charge on any atom is -0.472 e. The average Bonchev–Trinajstić information content (AvgIpc) is 3.35. The summed E-state index contributed by atoms with van der Waals surface area (Å²) in [6.07, 6.45) is 0.155. The van der Waals surface area contributed by atoms with Gasteiger partial charge in [0.15, 0.2) is 12.6 Å². The maximum absolute atomic E-state index is 13.4. The van der Waals surface area contributed by atoms with Crippen LogP contribution in [0, 0.1) is 0 Å².